The number of hydrogen-bond acceptors (Lipinski definition) is 3. The minimum absolute atomic E-state index is 0.0321. The second-order valence-electron chi connectivity index (χ2n) is 5.73. The van der Waals surface area contributed by atoms with E-state index < -0.39 is 10.0 Å². The lowest BCUT2D eigenvalue weighted by molar-refractivity contribution is 0.437. The predicted molar refractivity (Wildman–Crippen MR) is 87.8 cm³/mol. The molecule has 0 aliphatic rings. The standard InChI is InChI=1S/C16H28N2O2S/c1-6-16(12(3)4)18-21(19,20)15-10-8-14(9-11-15)13(5)17-7-2/h8-13,16-18H,6-7H2,1-5H3. The zero-order valence-electron chi connectivity index (χ0n) is 13.7. The fraction of sp³-hybridized carbons (Fsp3) is 0.625. The fourth-order valence-corrected chi connectivity index (χ4v) is 3.79. The molecular formula is C16H28N2O2S. The number of nitrogens with one attached hydrogen (secondary N) is 2. The molecule has 5 heteroatoms. The molecule has 0 radical (unpaired) electrons. The van der Waals surface area contributed by atoms with Crippen LogP contribution >= 0.6 is 0 Å². The Labute approximate surface area is 129 Å². The SMILES string of the molecule is CCNC(C)c1ccc(S(=O)(=O)NC(CC)C(C)C)cc1. The Hall–Kier alpha value is -0.910. The summed E-state index contributed by atoms with van der Waals surface area (Å²) in [5.41, 5.74) is 1.09. The molecule has 1 aromatic carbocycles. The molecule has 0 aromatic heterocycles. The van der Waals surface area contributed by atoms with Crippen molar-refractivity contribution in [3.63, 3.8) is 0 Å². The van der Waals surface area contributed by atoms with Gasteiger partial charge in [0, 0.05) is 12.1 Å². The smallest absolute Gasteiger partial charge is 0.240 e. The van der Waals surface area contributed by atoms with E-state index in [0.717, 1.165) is 18.5 Å². The van der Waals surface area contributed by atoms with E-state index in [0.29, 0.717) is 4.90 Å². The Morgan fingerprint density at radius 1 is 1.05 bits per heavy atom. The Morgan fingerprint density at radius 2 is 1.62 bits per heavy atom. The summed E-state index contributed by atoms with van der Waals surface area (Å²) in [6.07, 6.45) is 0.784. The summed E-state index contributed by atoms with van der Waals surface area (Å²) >= 11 is 0. The summed E-state index contributed by atoms with van der Waals surface area (Å²) in [4.78, 5) is 0.328. The molecule has 4 nitrogen and oxygen atoms in total. The summed E-state index contributed by atoms with van der Waals surface area (Å²) < 4.78 is 27.6. The van der Waals surface area contributed by atoms with Crippen LogP contribution in [0.5, 0.6) is 0 Å². The first kappa shape index (κ1) is 18.1. The van der Waals surface area contributed by atoms with Crippen LogP contribution in [0.1, 0.15) is 52.6 Å². The third-order valence-electron chi connectivity index (χ3n) is 3.75. The maximum Gasteiger partial charge on any atom is 0.240 e. The molecule has 0 heterocycles. The third-order valence-corrected chi connectivity index (χ3v) is 5.26. The van der Waals surface area contributed by atoms with Crippen molar-refractivity contribution in [1.82, 2.24) is 10.0 Å². The summed E-state index contributed by atoms with van der Waals surface area (Å²) in [6, 6.07) is 7.29. The van der Waals surface area contributed by atoms with E-state index in [9.17, 15) is 8.42 Å². The fourth-order valence-electron chi connectivity index (χ4n) is 2.32. The van der Waals surface area contributed by atoms with Crippen LogP contribution in [0.2, 0.25) is 0 Å². The van der Waals surface area contributed by atoms with Gasteiger partial charge < -0.3 is 5.32 Å². The molecule has 2 N–H and O–H groups in total. The van der Waals surface area contributed by atoms with E-state index in [1.54, 1.807) is 12.1 Å². The van der Waals surface area contributed by atoms with Crippen molar-refractivity contribution in [3.8, 4) is 0 Å². The average molecular weight is 312 g/mol. The van der Waals surface area contributed by atoms with Crippen LogP contribution in [0, 0.1) is 5.92 Å². The van der Waals surface area contributed by atoms with Gasteiger partial charge >= 0.3 is 0 Å². The summed E-state index contributed by atoms with van der Waals surface area (Å²) in [7, 11) is -3.44. The lowest BCUT2D eigenvalue weighted by Gasteiger charge is -2.21. The van der Waals surface area contributed by atoms with Crippen molar-refractivity contribution in [2.75, 3.05) is 6.54 Å². The Kier molecular flexibility index (Phi) is 6.84. The molecule has 0 fully saturated rings. The molecule has 1 rings (SSSR count). The largest absolute Gasteiger partial charge is 0.310 e. The van der Waals surface area contributed by atoms with Crippen LogP contribution < -0.4 is 10.0 Å². The monoisotopic (exact) mass is 312 g/mol. The molecule has 2 unspecified atom stereocenters. The summed E-state index contributed by atoms with van der Waals surface area (Å²) in [6.45, 7) is 11.0. The Morgan fingerprint density at radius 3 is 2.05 bits per heavy atom. The van der Waals surface area contributed by atoms with E-state index >= 15 is 0 Å². The van der Waals surface area contributed by atoms with Gasteiger partial charge in [0.25, 0.3) is 0 Å². The molecule has 0 bridgehead atoms. The molecule has 0 amide bonds. The van der Waals surface area contributed by atoms with Crippen molar-refractivity contribution in [2.45, 2.75) is 58.0 Å². The summed E-state index contributed by atoms with van der Waals surface area (Å²) in [5, 5.41) is 3.31. The number of sulfonamides is 1. The molecule has 0 saturated carbocycles. The summed E-state index contributed by atoms with van der Waals surface area (Å²) in [5.74, 6) is 0.276. The average Bonchev–Trinajstić information content (AvgIpc) is 2.45. The van der Waals surface area contributed by atoms with Gasteiger partial charge in [-0.1, -0.05) is 39.8 Å². The molecule has 0 aliphatic heterocycles. The van der Waals surface area contributed by atoms with Crippen LogP contribution in [0.25, 0.3) is 0 Å². The van der Waals surface area contributed by atoms with Crippen molar-refractivity contribution in [3.05, 3.63) is 29.8 Å². The van der Waals surface area contributed by atoms with Crippen molar-refractivity contribution in [2.24, 2.45) is 5.92 Å². The number of benzene rings is 1. The van der Waals surface area contributed by atoms with Crippen LogP contribution in [0.15, 0.2) is 29.2 Å². The van der Waals surface area contributed by atoms with Gasteiger partial charge in [-0.15, -0.1) is 0 Å². The highest BCUT2D eigenvalue weighted by molar-refractivity contribution is 7.89. The Balaban J connectivity index is 2.89. The van der Waals surface area contributed by atoms with Crippen LogP contribution in [0.3, 0.4) is 0 Å². The molecule has 1 aromatic rings. The van der Waals surface area contributed by atoms with E-state index in [1.165, 1.54) is 0 Å². The lowest BCUT2D eigenvalue weighted by atomic mass is 10.0. The first-order chi connectivity index (χ1) is 9.81. The van der Waals surface area contributed by atoms with Crippen molar-refractivity contribution >= 4 is 10.0 Å². The first-order valence-electron chi connectivity index (χ1n) is 7.67. The van der Waals surface area contributed by atoms with E-state index in [-0.39, 0.29) is 18.0 Å². The van der Waals surface area contributed by atoms with E-state index in [1.807, 2.05) is 32.9 Å². The van der Waals surface area contributed by atoms with Crippen LogP contribution in [0.4, 0.5) is 0 Å². The molecule has 0 saturated heterocycles. The van der Waals surface area contributed by atoms with Crippen LogP contribution in [-0.2, 0) is 10.0 Å². The van der Waals surface area contributed by atoms with Gasteiger partial charge in [-0.2, -0.15) is 0 Å². The highest BCUT2D eigenvalue weighted by atomic mass is 32.2. The van der Waals surface area contributed by atoms with Gasteiger partial charge in [-0.3, -0.25) is 0 Å². The molecule has 0 spiro atoms. The maximum absolute atomic E-state index is 12.4. The Bertz CT molecular complexity index is 524. The predicted octanol–water partition coefficient (Wildman–Crippen LogP) is 3.07. The first-order valence-corrected chi connectivity index (χ1v) is 9.15. The second-order valence-corrected chi connectivity index (χ2v) is 7.44. The van der Waals surface area contributed by atoms with Crippen LogP contribution in [-0.4, -0.2) is 21.0 Å². The molecule has 120 valence electrons. The van der Waals surface area contributed by atoms with Gasteiger partial charge in [0.15, 0.2) is 0 Å². The van der Waals surface area contributed by atoms with E-state index in [2.05, 4.69) is 23.9 Å². The normalized spacial score (nSPS) is 15.1. The zero-order valence-corrected chi connectivity index (χ0v) is 14.5. The van der Waals surface area contributed by atoms with Gasteiger partial charge in [0.05, 0.1) is 4.90 Å². The number of rotatable bonds is 8. The lowest BCUT2D eigenvalue weighted by Crippen LogP contribution is -2.37. The molecule has 21 heavy (non-hydrogen) atoms. The van der Waals surface area contributed by atoms with E-state index in [4.69, 9.17) is 0 Å². The second kappa shape index (κ2) is 7.92. The number of hydrogen-bond donors (Lipinski definition) is 2. The highest BCUT2D eigenvalue weighted by Gasteiger charge is 2.21. The van der Waals surface area contributed by atoms with Crippen molar-refractivity contribution in [1.29, 1.82) is 0 Å². The topological polar surface area (TPSA) is 58.2 Å². The van der Waals surface area contributed by atoms with Gasteiger partial charge in [0.1, 0.15) is 0 Å². The van der Waals surface area contributed by atoms with Gasteiger partial charge in [-0.05, 0) is 43.5 Å². The minimum atomic E-state index is -3.44. The van der Waals surface area contributed by atoms with Gasteiger partial charge in [0.2, 0.25) is 10.0 Å². The molecule has 2 atom stereocenters. The third kappa shape index (κ3) is 5.09. The quantitative estimate of drug-likeness (QED) is 0.775. The zero-order chi connectivity index (χ0) is 16.0. The maximum atomic E-state index is 12.4. The molecule has 0 aliphatic carbocycles. The minimum Gasteiger partial charge on any atom is -0.310 e. The highest BCUT2D eigenvalue weighted by Crippen LogP contribution is 2.17. The molecular weight excluding hydrogens is 284 g/mol. The van der Waals surface area contributed by atoms with Crippen molar-refractivity contribution < 1.29 is 8.42 Å². The van der Waals surface area contributed by atoms with Gasteiger partial charge in [-0.25, -0.2) is 13.1 Å².